The zero-order chi connectivity index (χ0) is 28.0. The van der Waals surface area contributed by atoms with E-state index in [4.69, 9.17) is 9.97 Å². The molecule has 0 radical (unpaired) electrons. The molecule has 0 bridgehead atoms. The van der Waals surface area contributed by atoms with E-state index in [-0.39, 0.29) is 29.1 Å². The topological polar surface area (TPSA) is 25.8 Å². The fraction of sp³-hybridized carbons (Fsp3) is 0.576. The Morgan fingerprint density at radius 3 is 1.49 bits per heavy atom. The minimum absolute atomic E-state index is 0.0364. The third-order valence-corrected chi connectivity index (χ3v) is 12.4. The largest absolute Gasteiger partial charge is 0.260 e. The first-order chi connectivity index (χ1) is 16.8. The first kappa shape index (κ1) is 30.2. The van der Waals surface area contributed by atoms with Crippen molar-refractivity contribution in [3.05, 3.63) is 83.0 Å². The molecule has 2 heterocycles. The van der Waals surface area contributed by atoms with E-state index in [2.05, 4.69) is 123 Å². The average Bonchev–Trinajstić information content (AvgIpc) is 3.17. The highest BCUT2D eigenvalue weighted by atomic mass is 31.1. The molecule has 4 heteroatoms. The van der Waals surface area contributed by atoms with Crippen LogP contribution in [0.15, 0.2) is 71.6 Å². The molecule has 0 fully saturated rings. The van der Waals surface area contributed by atoms with Crippen LogP contribution in [0.4, 0.5) is 0 Å². The Labute approximate surface area is 231 Å². The van der Waals surface area contributed by atoms with E-state index in [9.17, 15) is 0 Å². The quantitative estimate of drug-likeness (QED) is 0.356. The molecule has 1 aliphatic rings. The second-order valence-corrected chi connectivity index (χ2v) is 19.4. The molecular formula is C33H50N2P2. The van der Waals surface area contributed by atoms with Gasteiger partial charge in [0.15, 0.2) is 0 Å². The fourth-order valence-electron chi connectivity index (χ4n) is 6.16. The molecule has 0 saturated carbocycles. The Hall–Kier alpha value is -1.36. The Bertz CT molecular complexity index is 1080. The van der Waals surface area contributed by atoms with Crippen LogP contribution in [0.1, 0.15) is 94.5 Å². The molecule has 3 rings (SSSR count). The van der Waals surface area contributed by atoms with Crippen LogP contribution in [0.5, 0.6) is 0 Å². The van der Waals surface area contributed by atoms with Crippen LogP contribution >= 0.6 is 17.2 Å². The summed E-state index contributed by atoms with van der Waals surface area (Å²) < 4.78 is 0. The van der Waals surface area contributed by atoms with Gasteiger partial charge in [0.05, 0.1) is 16.5 Å². The number of rotatable bonds is 5. The van der Waals surface area contributed by atoms with Crippen molar-refractivity contribution in [1.82, 2.24) is 9.97 Å². The van der Waals surface area contributed by atoms with E-state index in [1.165, 1.54) is 11.1 Å². The van der Waals surface area contributed by atoms with Gasteiger partial charge < -0.3 is 0 Å². The molecule has 2 aromatic rings. The Morgan fingerprint density at radius 2 is 1.16 bits per heavy atom. The molecule has 0 spiro atoms. The fourth-order valence-corrected chi connectivity index (χ4v) is 10.6. The summed E-state index contributed by atoms with van der Waals surface area (Å²) in [6.45, 7) is 29.0. The lowest BCUT2D eigenvalue weighted by molar-refractivity contribution is 0.424. The summed E-state index contributed by atoms with van der Waals surface area (Å²) in [6.07, 6.45) is 7.54. The minimum Gasteiger partial charge on any atom is -0.260 e. The standard InChI is InChI=1S/C33H50N2P2/c1-29(2,3)25-21-24(33(36,26-17-13-15-19-34-26)27-18-14-16-20-35-27)23(28(25)30(4,5)6)22-37(31(7,8)9)32(10,11)12/h13-21,23H,22,36H2,1-12H3. The third kappa shape index (κ3) is 6.28. The monoisotopic (exact) mass is 536 g/mol. The first-order valence-corrected chi connectivity index (χ1v) is 15.8. The van der Waals surface area contributed by atoms with Crippen molar-refractivity contribution in [3.63, 3.8) is 0 Å². The second kappa shape index (κ2) is 10.3. The van der Waals surface area contributed by atoms with E-state index in [0.29, 0.717) is 5.92 Å². The number of nitrogens with zero attached hydrogens (tertiary/aromatic N) is 2. The zero-order valence-electron chi connectivity index (χ0n) is 25.4. The van der Waals surface area contributed by atoms with Gasteiger partial charge in [-0.15, -0.1) is 9.24 Å². The SMILES string of the molecule is CC(C)(C)C1=C(C(C)(C)C)C(CP(C(C)(C)C)C(C)(C)C)C(C(P)(c2ccccn2)c2ccccn2)=C1. The lowest BCUT2D eigenvalue weighted by Gasteiger charge is -2.46. The summed E-state index contributed by atoms with van der Waals surface area (Å²) in [5.74, 6) is 0.320. The predicted molar refractivity (Wildman–Crippen MR) is 168 cm³/mol. The van der Waals surface area contributed by atoms with Crippen molar-refractivity contribution in [1.29, 1.82) is 0 Å². The summed E-state index contributed by atoms with van der Waals surface area (Å²) in [7, 11) is 2.92. The van der Waals surface area contributed by atoms with Crippen molar-refractivity contribution in [2.24, 2.45) is 16.7 Å². The second-order valence-electron chi connectivity index (χ2n) is 14.7. The summed E-state index contributed by atoms with van der Waals surface area (Å²) in [5, 5.41) is -0.0229. The lowest BCUT2D eigenvalue weighted by atomic mass is 9.72. The molecule has 202 valence electrons. The molecule has 2 aromatic heterocycles. The maximum Gasteiger partial charge on any atom is 0.0902 e. The van der Waals surface area contributed by atoms with E-state index in [1.54, 1.807) is 5.57 Å². The van der Waals surface area contributed by atoms with Crippen LogP contribution in [0, 0.1) is 16.7 Å². The normalized spacial score (nSPS) is 18.0. The van der Waals surface area contributed by atoms with Gasteiger partial charge in [0, 0.05) is 18.3 Å². The Kier molecular flexibility index (Phi) is 8.42. The predicted octanol–water partition coefficient (Wildman–Crippen LogP) is 9.62. The number of hydrogen-bond donors (Lipinski definition) is 0. The van der Waals surface area contributed by atoms with E-state index in [0.717, 1.165) is 17.5 Å². The minimum atomic E-state index is -0.506. The van der Waals surface area contributed by atoms with Crippen LogP contribution in [0.2, 0.25) is 0 Å². The van der Waals surface area contributed by atoms with Gasteiger partial charge in [-0.05, 0) is 62.7 Å². The Balaban J connectivity index is 2.38. The summed E-state index contributed by atoms with van der Waals surface area (Å²) in [4.78, 5) is 9.88. The highest BCUT2D eigenvalue weighted by Gasteiger charge is 2.49. The molecule has 2 unspecified atom stereocenters. The van der Waals surface area contributed by atoms with Crippen molar-refractivity contribution in [2.45, 2.75) is 98.6 Å². The number of hydrogen-bond acceptors (Lipinski definition) is 2. The van der Waals surface area contributed by atoms with Gasteiger partial charge in [-0.3, -0.25) is 9.97 Å². The van der Waals surface area contributed by atoms with E-state index < -0.39 is 5.16 Å². The zero-order valence-corrected chi connectivity index (χ0v) is 27.4. The third-order valence-electron chi connectivity index (χ3n) is 7.51. The molecule has 37 heavy (non-hydrogen) atoms. The van der Waals surface area contributed by atoms with Crippen molar-refractivity contribution >= 4 is 17.2 Å². The molecule has 0 aliphatic heterocycles. The van der Waals surface area contributed by atoms with Crippen LogP contribution < -0.4 is 0 Å². The van der Waals surface area contributed by atoms with Crippen molar-refractivity contribution in [2.75, 3.05) is 6.16 Å². The van der Waals surface area contributed by atoms with Crippen LogP contribution in [-0.2, 0) is 5.16 Å². The van der Waals surface area contributed by atoms with E-state index >= 15 is 0 Å². The van der Waals surface area contributed by atoms with Crippen molar-refractivity contribution in [3.8, 4) is 0 Å². The molecule has 2 nitrogen and oxygen atoms in total. The number of allylic oxidation sites excluding steroid dienone is 4. The summed E-state index contributed by atoms with van der Waals surface area (Å²) >= 11 is 0. The van der Waals surface area contributed by atoms with Gasteiger partial charge in [-0.2, -0.15) is 0 Å². The Morgan fingerprint density at radius 1 is 0.703 bits per heavy atom. The molecule has 1 aliphatic carbocycles. The molecule has 0 aromatic carbocycles. The van der Waals surface area contributed by atoms with Crippen LogP contribution in [0.25, 0.3) is 0 Å². The van der Waals surface area contributed by atoms with E-state index in [1.807, 2.05) is 24.5 Å². The first-order valence-electron chi connectivity index (χ1n) is 13.7. The maximum atomic E-state index is 4.94. The lowest BCUT2D eigenvalue weighted by Crippen LogP contribution is -2.35. The molecule has 0 N–H and O–H groups in total. The van der Waals surface area contributed by atoms with Gasteiger partial charge in [-0.25, -0.2) is 0 Å². The van der Waals surface area contributed by atoms with Crippen LogP contribution in [0.3, 0.4) is 0 Å². The molecule has 2 atom stereocenters. The molecular weight excluding hydrogens is 486 g/mol. The highest BCUT2D eigenvalue weighted by molar-refractivity contribution is 7.60. The average molecular weight is 537 g/mol. The number of aromatic nitrogens is 2. The van der Waals surface area contributed by atoms with Gasteiger partial charge in [0.2, 0.25) is 0 Å². The molecule has 0 amide bonds. The highest BCUT2D eigenvalue weighted by Crippen LogP contribution is 2.65. The van der Waals surface area contributed by atoms with Gasteiger partial charge >= 0.3 is 0 Å². The maximum absolute atomic E-state index is 4.94. The van der Waals surface area contributed by atoms with Crippen LogP contribution in [-0.4, -0.2) is 26.4 Å². The van der Waals surface area contributed by atoms with Gasteiger partial charge in [0.25, 0.3) is 0 Å². The van der Waals surface area contributed by atoms with Gasteiger partial charge in [0.1, 0.15) is 0 Å². The molecule has 0 saturated heterocycles. The number of pyridine rings is 2. The smallest absolute Gasteiger partial charge is 0.0902 e. The van der Waals surface area contributed by atoms with Gasteiger partial charge in [-0.1, -0.05) is 115 Å². The summed E-state index contributed by atoms with van der Waals surface area (Å²) in [5.41, 5.74) is 6.65. The summed E-state index contributed by atoms with van der Waals surface area (Å²) in [6, 6.07) is 12.6. The van der Waals surface area contributed by atoms with Crippen molar-refractivity contribution < 1.29 is 0 Å².